The molecule has 0 unspecified atom stereocenters. The predicted octanol–water partition coefficient (Wildman–Crippen LogP) is 4.82. The molecule has 164 valence electrons. The van der Waals surface area contributed by atoms with E-state index in [-0.39, 0.29) is 17.8 Å². The van der Waals surface area contributed by atoms with Crippen LogP contribution in [-0.4, -0.2) is 24.9 Å². The van der Waals surface area contributed by atoms with E-state index in [0.717, 1.165) is 11.4 Å². The second-order valence-corrected chi connectivity index (χ2v) is 7.97. The summed E-state index contributed by atoms with van der Waals surface area (Å²) in [5.74, 6) is 1.22. The second-order valence-electron chi connectivity index (χ2n) is 7.59. The molecule has 1 saturated heterocycles. The molecule has 0 radical (unpaired) electrons. The molecule has 0 aliphatic carbocycles. The van der Waals surface area contributed by atoms with Gasteiger partial charge in [-0.05, 0) is 48.6 Å². The molecule has 5 rings (SSSR count). The van der Waals surface area contributed by atoms with Crippen LogP contribution in [0, 0.1) is 10.1 Å². The first kappa shape index (κ1) is 20.8. The summed E-state index contributed by atoms with van der Waals surface area (Å²) in [4.78, 5) is 21.8. The number of pyridine rings is 2. The van der Waals surface area contributed by atoms with E-state index in [1.54, 1.807) is 24.5 Å². The third-order valence-electron chi connectivity index (χ3n) is 5.52. The number of nitro groups is 1. The molecule has 1 fully saturated rings. The van der Waals surface area contributed by atoms with E-state index < -0.39 is 4.92 Å². The smallest absolute Gasteiger partial charge is 0.270 e. The molecule has 0 saturated carbocycles. The molecule has 9 heteroatoms. The van der Waals surface area contributed by atoms with Crippen LogP contribution in [0.15, 0.2) is 89.6 Å². The van der Waals surface area contributed by atoms with Crippen LogP contribution in [0.4, 0.5) is 5.69 Å². The number of hydrogen-bond acceptors (Lipinski definition) is 6. The Bertz CT molecular complexity index is 1300. The van der Waals surface area contributed by atoms with Gasteiger partial charge < -0.3 is 14.6 Å². The van der Waals surface area contributed by atoms with Gasteiger partial charge in [0.2, 0.25) is 0 Å². The van der Waals surface area contributed by atoms with Gasteiger partial charge in [0.15, 0.2) is 5.11 Å². The largest absolute Gasteiger partial charge is 0.459 e. The highest BCUT2D eigenvalue weighted by Gasteiger charge is 2.41. The Kier molecular flexibility index (Phi) is 5.54. The number of hydrogen-bond donors (Lipinski definition) is 1. The van der Waals surface area contributed by atoms with Gasteiger partial charge in [0.05, 0.1) is 28.9 Å². The first-order valence-electron chi connectivity index (χ1n) is 10.3. The number of rotatable bonds is 6. The van der Waals surface area contributed by atoms with Gasteiger partial charge in [-0.2, -0.15) is 0 Å². The van der Waals surface area contributed by atoms with Crippen molar-refractivity contribution >= 4 is 23.0 Å². The van der Waals surface area contributed by atoms with Gasteiger partial charge in [-0.15, -0.1) is 0 Å². The highest BCUT2D eigenvalue weighted by atomic mass is 32.1. The second kappa shape index (κ2) is 8.79. The van der Waals surface area contributed by atoms with Crippen LogP contribution in [0.25, 0.3) is 11.3 Å². The van der Waals surface area contributed by atoms with E-state index >= 15 is 0 Å². The van der Waals surface area contributed by atoms with Gasteiger partial charge in [-0.25, -0.2) is 0 Å². The molecule has 3 aromatic heterocycles. The Morgan fingerprint density at radius 1 is 1.03 bits per heavy atom. The quantitative estimate of drug-likeness (QED) is 0.250. The Balaban J connectivity index is 1.53. The third-order valence-corrected chi connectivity index (χ3v) is 5.87. The third kappa shape index (κ3) is 4.18. The van der Waals surface area contributed by atoms with Crippen LogP contribution in [0.5, 0.6) is 0 Å². The summed E-state index contributed by atoms with van der Waals surface area (Å²) in [5.41, 5.74) is 2.35. The maximum Gasteiger partial charge on any atom is 0.270 e. The van der Waals surface area contributed by atoms with Crippen LogP contribution in [0.2, 0.25) is 0 Å². The number of nitro benzene ring substituents is 1. The number of nitrogens with one attached hydrogen (secondary N) is 1. The van der Waals surface area contributed by atoms with Crippen molar-refractivity contribution in [2.45, 2.75) is 18.6 Å². The number of non-ortho nitro benzene ring substituents is 1. The topological polar surface area (TPSA) is 97.3 Å². The molecular weight excluding hydrogens is 438 g/mol. The van der Waals surface area contributed by atoms with Crippen LogP contribution >= 0.6 is 12.2 Å². The zero-order valence-electron chi connectivity index (χ0n) is 17.4. The zero-order chi connectivity index (χ0) is 22.8. The predicted molar refractivity (Wildman–Crippen MR) is 126 cm³/mol. The summed E-state index contributed by atoms with van der Waals surface area (Å²) >= 11 is 5.68. The molecule has 0 bridgehead atoms. The van der Waals surface area contributed by atoms with Gasteiger partial charge in [0.25, 0.3) is 5.69 Å². The Hall–Kier alpha value is -4.11. The maximum absolute atomic E-state index is 11.2. The normalized spacial score (nSPS) is 17.7. The molecular formula is C24H19N5O3S. The Morgan fingerprint density at radius 3 is 2.58 bits per heavy atom. The number of benzene rings is 1. The molecule has 1 aromatic carbocycles. The van der Waals surface area contributed by atoms with Crippen LogP contribution < -0.4 is 5.32 Å². The molecule has 33 heavy (non-hydrogen) atoms. The zero-order valence-corrected chi connectivity index (χ0v) is 18.2. The van der Waals surface area contributed by atoms with Crippen molar-refractivity contribution in [3.05, 3.63) is 112 Å². The lowest BCUT2D eigenvalue weighted by Crippen LogP contribution is -2.29. The van der Waals surface area contributed by atoms with Crippen molar-refractivity contribution < 1.29 is 9.34 Å². The van der Waals surface area contributed by atoms with E-state index in [1.165, 1.54) is 12.1 Å². The first-order valence-corrected chi connectivity index (χ1v) is 10.7. The van der Waals surface area contributed by atoms with E-state index in [9.17, 15) is 10.1 Å². The molecule has 1 N–H and O–H groups in total. The Morgan fingerprint density at radius 2 is 1.85 bits per heavy atom. The van der Waals surface area contributed by atoms with Gasteiger partial charge in [0.1, 0.15) is 17.6 Å². The fraction of sp³-hybridized carbons (Fsp3) is 0.125. The molecule has 4 heterocycles. The van der Waals surface area contributed by atoms with Crippen molar-refractivity contribution in [1.82, 2.24) is 20.2 Å². The average Bonchev–Trinajstić information content (AvgIpc) is 3.45. The molecule has 4 aromatic rings. The van der Waals surface area contributed by atoms with Crippen LogP contribution in [0.3, 0.4) is 0 Å². The van der Waals surface area contributed by atoms with Crippen molar-refractivity contribution in [1.29, 1.82) is 0 Å². The van der Waals surface area contributed by atoms with E-state index in [1.807, 2.05) is 53.4 Å². The summed E-state index contributed by atoms with van der Waals surface area (Å²) in [5, 5.41) is 15.1. The lowest BCUT2D eigenvalue weighted by molar-refractivity contribution is -0.384. The van der Waals surface area contributed by atoms with Crippen molar-refractivity contribution in [2.75, 3.05) is 0 Å². The lowest BCUT2D eigenvalue weighted by atomic mass is 10.0. The maximum atomic E-state index is 11.2. The van der Waals surface area contributed by atoms with Crippen LogP contribution in [-0.2, 0) is 6.54 Å². The number of furan rings is 1. The highest BCUT2D eigenvalue weighted by Crippen LogP contribution is 2.41. The summed E-state index contributed by atoms with van der Waals surface area (Å²) < 4.78 is 6.24. The van der Waals surface area contributed by atoms with Crippen molar-refractivity contribution in [3.8, 4) is 11.3 Å². The lowest BCUT2D eigenvalue weighted by Gasteiger charge is -2.25. The Labute approximate surface area is 195 Å². The number of nitrogens with zero attached hydrogens (tertiary/aromatic N) is 4. The first-order chi connectivity index (χ1) is 16.1. The van der Waals surface area contributed by atoms with Crippen molar-refractivity contribution in [2.24, 2.45) is 0 Å². The minimum Gasteiger partial charge on any atom is -0.459 e. The molecule has 1 aliphatic rings. The minimum absolute atomic E-state index is 0.0114. The molecule has 0 amide bonds. The van der Waals surface area contributed by atoms with Gasteiger partial charge in [-0.1, -0.05) is 24.3 Å². The highest BCUT2D eigenvalue weighted by molar-refractivity contribution is 7.80. The molecule has 8 nitrogen and oxygen atoms in total. The fourth-order valence-electron chi connectivity index (χ4n) is 3.99. The summed E-state index contributed by atoms with van der Waals surface area (Å²) in [6, 6.07) is 21.1. The average molecular weight is 458 g/mol. The SMILES string of the molecule is O=[N+]([O-])c1cccc(-c2ccc([C@H]3[C@H](c4ccccn4)NC(=S)N3Cc3ccccn3)o2)c1. The van der Waals surface area contributed by atoms with Gasteiger partial charge >= 0.3 is 0 Å². The molecule has 0 spiro atoms. The van der Waals surface area contributed by atoms with Crippen LogP contribution in [0.1, 0.15) is 29.2 Å². The summed E-state index contributed by atoms with van der Waals surface area (Å²) in [7, 11) is 0. The monoisotopic (exact) mass is 457 g/mol. The minimum atomic E-state index is -0.418. The van der Waals surface area contributed by atoms with E-state index in [4.69, 9.17) is 16.6 Å². The van der Waals surface area contributed by atoms with Gasteiger partial charge in [-0.3, -0.25) is 20.1 Å². The van der Waals surface area contributed by atoms with E-state index in [2.05, 4.69) is 15.3 Å². The number of aromatic nitrogens is 2. The van der Waals surface area contributed by atoms with Gasteiger partial charge in [0, 0.05) is 30.1 Å². The molecule has 2 atom stereocenters. The van der Waals surface area contributed by atoms with E-state index in [0.29, 0.717) is 28.7 Å². The van der Waals surface area contributed by atoms with Crippen molar-refractivity contribution in [3.63, 3.8) is 0 Å². The fourth-order valence-corrected chi connectivity index (χ4v) is 4.30. The standard InChI is InChI=1S/C24H19N5O3S/c30-29(31)18-8-5-6-16(14-18)20-10-11-21(32-20)23-22(19-9-2-4-13-26-19)27-24(33)28(23)15-17-7-1-3-12-25-17/h1-14,22-23H,15H2,(H,27,33)/t22-,23-/m0/s1. The summed E-state index contributed by atoms with van der Waals surface area (Å²) in [6.45, 7) is 0.494. The molecule has 1 aliphatic heterocycles. The summed E-state index contributed by atoms with van der Waals surface area (Å²) in [6.07, 6.45) is 3.50. The number of thiocarbonyl (C=S) groups is 1.